The van der Waals surface area contributed by atoms with Gasteiger partial charge in [0.1, 0.15) is 11.9 Å². The lowest BCUT2D eigenvalue weighted by atomic mass is 9.86. The van der Waals surface area contributed by atoms with Crippen LogP contribution in [0.15, 0.2) is 30.4 Å². The van der Waals surface area contributed by atoms with Crippen molar-refractivity contribution in [1.82, 2.24) is 5.32 Å². The van der Waals surface area contributed by atoms with Crippen molar-refractivity contribution in [2.45, 2.75) is 77.1 Å². The van der Waals surface area contributed by atoms with E-state index in [1.54, 1.807) is 0 Å². The Morgan fingerprint density at radius 2 is 2.07 bits per heavy atom. The highest BCUT2D eigenvalue weighted by Crippen LogP contribution is 2.52. The minimum Gasteiger partial charge on any atom is -0.489 e. The third kappa shape index (κ3) is 5.88. The van der Waals surface area contributed by atoms with Gasteiger partial charge in [-0.3, -0.25) is 0 Å². The van der Waals surface area contributed by atoms with Crippen LogP contribution in [0.5, 0.6) is 5.75 Å². The van der Waals surface area contributed by atoms with Gasteiger partial charge in [-0.15, -0.1) is 11.8 Å². The van der Waals surface area contributed by atoms with Crippen molar-refractivity contribution in [3.05, 3.63) is 41.5 Å². The number of fused-ring (bicyclic) bond motifs is 3. The molecule has 166 valence electrons. The fourth-order valence-electron chi connectivity index (χ4n) is 4.35. The number of unbranched alkanes of at least 4 members (excludes halogenated alkanes) is 1. The molecule has 0 aromatic heterocycles. The highest BCUT2D eigenvalue weighted by Gasteiger charge is 2.48. The van der Waals surface area contributed by atoms with Gasteiger partial charge in [0.05, 0.1) is 12.2 Å². The van der Waals surface area contributed by atoms with Gasteiger partial charge in [-0.1, -0.05) is 50.6 Å². The van der Waals surface area contributed by atoms with Crippen LogP contribution in [0.25, 0.3) is 0 Å². The second-order valence-electron chi connectivity index (χ2n) is 8.49. The minimum atomic E-state index is -0.546. The number of aliphatic hydroxyl groups excluding tert-OH is 2. The van der Waals surface area contributed by atoms with Crippen LogP contribution in [0.4, 0.5) is 0 Å². The lowest BCUT2D eigenvalue weighted by Gasteiger charge is -2.19. The largest absolute Gasteiger partial charge is 0.489 e. The first-order valence-corrected chi connectivity index (χ1v) is 11.3. The van der Waals surface area contributed by atoms with Crippen LogP contribution in [0.1, 0.15) is 63.5 Å². The lowest BCUT2D eigenvalue weighted by Crippen LogP contribution is -2.19. The Kier molecular flexibility index (Phi) is 9.91. The van der Waals surface area contributed by atoms with Gasteiger partial charge in [-0.25, -0.2) is 0 Å². The number of aryl methyl sites for hydroxylation is 1. The summed E-state index contributed by atoms with van der Waals surface area (Å²) in [5.41, 5.74) is 2.51. The Hall–Kier alpha value is -1.80. The van der Waals surface area contributed by atoms with Crippen molar-refractivity contribution in [1.29, 1.82) is 0 Å². The Morgan fingerprint density at radius 3 is 2.73 bits per heavy atom. The zero-order valence-corrected chi connectivity index (χ0v) is 19.2. The van der Waals surface area contributed by atoms with Crippen molar-refractivity contribution in [2.24, 2.45) is 11.8 Å². The van der Waals surface area contributed by atoms with Crippen LogP contribution < -0.4 is 10.1 Å². The summed E-state index contributed by atoms with van der Waals surface area (Å²) in [6.07, 6.45) is 7.60. The SMILES string of the molecule is CC#CC[C@H](C)[C@H](O)C=C[C@@H]1[C@H]2c3cccc(CCCC)c3O[C@H]2C[C@H]1O.CNC. The number of para-hydroxylation sites is 1. The Labute approximate surface area is 182 Å². The molecule has 2 aliphatic rings. The van der Waals surface area contributed by atoms with Crippen molar-refractivity contribution in [2.75, 3.05) is 14.1 Å². The maximum Gasteiger partial charge on any atom is 0.126 e. The van der Waals surface area contributed by atoms with Crippen molar-refractivity contribution in [3.63, 3.8) is 0 Å². The molecular weight excluding hydrogens is 374 g/mol. The monoisotopic (exact) mass is 413 g/mol. The maximum absolute atomic E-state index is 10.6. The first kappa shape index (κ1) is 24.5. The first-order valence-electron chi connectivity index (χ1n) is 11.3. The molecule has 6 atom stereocenters. The van der Waals surface area contributed by atoms with Gasteiger partial charge < -0.3 is 20.3 Å². The zero-order chi connectivity index (χ0) is 22.1. The van der Waals surface area contributed by atoms with Crippen LogP contribution >= 0.6 is 0 Å². The molecule has 3 rings (SSSR count). The first-order chi connectivity index (χ1) is 14.5. The molecule has 1 aliphatic heterocycles. The Balaban J connectivity index is 0.00000101. The predicted octanol–water partition coefficient (Wildman–Crippen LogP) is 4.06. The summed E-state index contributed by atoms with van der Waals surface area (Å²) in [5.74, 6) is 7.18. The van der Waals surface area contributed by atoms with Crippen molar-refractivity contribution in [3.8, 4) is 17.6 Å². The van der Waals surface area contributed by atoms with E-state index in [9.17, 15) is 10.2 Å². The van der Waals surface area contributed by atoms with Crippen molar-refractivity contribution < 1.29 is 14.9 Å². The second-order valence-corrected chi connectivity index (χ2v) is 8.49. The standard InChI is InChI=1S/C24H32O3.C2H7N/c1-4-6-9-16(3)20(25)14-13-18-21(26)15-22-23(18)19-12-8-11-17(10-7-5-2)24(19)27-22;1-3-2/h8,11-14,16,18,20-23,25-26H,5,7,9-10,15H2,1-3H3;3H,1-2H3/t16-,18-,20+,21+,22-,23-;/m0./s1. The van der Waals surface area contributed by atoms with Crippen LogP contribution in [0.2, 0.25) is 0 Å². The molecule has 0 spiro atoms. The fraction of sp³-hybridized carbons (Fsp3) is 0.615. The summed E-state index contributed by atoms with van der Waals surface area (Å²) in [4.78, 5) is 0. The van der Waals surface area contributed by atoms with Gasteiger partial charge in [-0.2, -0.15) is 0 Å². The molecule has 0 saturated heterocycles. The molecule has 0 radical (unpaired) electrons. The van der Waals surface area contributed by atoms with Crippen LogP contribution in [-0.4, -0.2) is 42.6 Å². The number of hydrogen-bond donors (Lipinski definition) is 3. The normalized spacial score (nSPS) is 26.0. The van der Waals surface area contributed by atoms with Crippen LogP contribution in [-0.2, 0) is 6.42 Å². The molecule has 30 heavy (non-hydrogen) atoms. The summed E-state index contributed by atoms with van der Waals surface area (Å²) < 4.78 is 6.29. The summed E-state index contributed by atoms with van der Waals surface area (Å²) >= 11 is 0. The van der Waals surface area contributed by atoms with E-state index in [0.29, 0.717) is 12.8 Å². The second kappa shape index (κ2) is 12.2. The molecule has 1 heterocycles. The smallest absolute Gasteiger partial charge is 0.126 e. The van der Waals surface area contributed by atoms with E-state index in [1.165, 1.54) is 17.5 Å². The number of nitrogens with one attached hydrogen (secondary N) is 1. The Morgan fingerprint density at radius 1 is 1.33 bits per heavy atom. The number of ether oxygens (including phenoxy) is 1. The lowest BCUT2D eigenvalue weighted by molar-refractivity contribution is 0.134. The molecule has 0 bridgehead atoms. The van der Waals surface area contributed by atoms with E-state index >= 15 is 0 Å². The molecule has 0 unspecified atom stereocenters. The highest BCUT2D eigenvalue weighted by molar-refractivity contribution is 5.49. The molecule has 4 heteroatoms. The minimum absolute atomic E-state index is 0.0169. The molecular formula is C26H39NO3. The maximum atomic E-state index is 10.6. The van der Waals surface area contributed by atoms with Gasteiger partial charge in [0.15, 0.2) is 0 Å². The van der Waals surface area contributed by atoms with Crippen LogP contribution in [0.3, 0.4) is 0 Å². The summed E-state index contributed by atoms with van der Waals surface area (Å²) in [5, 5.41) is 23.7. The van der Waals surface area contributed by atoms with E-state index in [-0.39, 0.29) is 23.9 Å². The third-order valence-electron chi connectivity index (χ3n) is 6.00. The molecule has 3 N–H and O–H groups in total. The van der Waals surface area contributed by atoms with E-state index in [1.807, 2.05) is 40.1 Å². The van der Waals surface area contributed by atoms with Crippen LogP contribution in [0, 0.1) is 23.7 Å². The van der Waals surface area contributed by atoms with Gasteiger partial charge in [0.25, 0.3) is 0 Å². The molecule has 1 aromatic rings. The summed E-state index contributed by atoms with van der Waals surface area (Å²) in [6, 6.07) is 6.42. The highest BCUT2D eigenvalue weighted by atomic mass is 16.5. The van der Waals surface area contributed by atoms with Gasteiger partial charge in [0.2, 0.25) is 0 Å². The number of benzene rings is 1. The molecule has 1 aliphatic carbocycles. The van der Waals surface area contributed by atoms with E-state index in [4.69, 9.17) is 4.74 Å². The van der Waals surface area contributed by atoms with Gasteiger partial charge in [0, 0.05) is 30.2 Å². The van der Waals surface area contributed by atoms with Gasteiger partial charge in [-0.05, 0) is 45.3 Å². The van der Waals surface area contributed by atoms with E-state index in [0.717, 1.165) is 18.6 Å². The molecule has 0 amide bonds. The fourth-order valence-corrected chi connectivity index (χ4v) is 4.35. The predicted molar refractivity (Wildman–Crippen MR) is 124 cm³/mol. The molecule has 1 saturated carbocycles. The van der Waals surface area contributed by atoms with Gasteiger partial charge >= 0.3 is 0 Å². The quantitative estimate of drug-likeness (QED) is 0.466. The molecule has 1 fully saturated rings. The zero-order valence-electron chi connectivity index (χ0n) is 19.2. The topological polar surface area (TPSA) is 61.7 Å². The third-order valence-corrected chi connectivity index (χ3v) is 6.00. The number of aliphatic hydroxyl groups is 2. The van der Waals surface area contributed by atoms with Crippen molar-refractivity contribution >= 4 is 0 Å². The number of rotatable bonds is 7. The summed E-state index contributed by atoms with van der Waals surface area (Å²) in [7, 11) is 3.75. The molecule has 1 aromatic carbocycles. The molecule has 4 nitrogen and oxygen atoms in total. The average Bonchev–Trinajstić information content (AvgIpc) is 3.24. The number of hydrogen-bond acceptors (Lipinski definition) is 4. The van der Waals surface area contributed by atoms with E-state index < -0.39 is 12.2 Å². The summed E-state index contributed by atoms with van der Waals surface area (Å²) in [6.45, 7) is 6.02. The average molecular weight is 414 g/mol. The Bertz CT molecular complexity index is 748. The van der Waals surface area contributed by atoms with E-state index in [2.05, 4.69) is 42.3 Å².